The number of carbonyl (C=O) groups is 2. The van der Waals surface area contributed by atoms with Gasteiger partial charge >= 0.3 is 11.9 Å². The van der Waals surface area contributed by atoms with Crippen LogP contribution >= 0.6 is 0 Å². The second-order valence-corrected chi connectivity index (χ2v) is 7.17. The van der Waals surface area contributed by atoms with Crippen LogP contribution in [0.15, 0.2) is 48.5 Å². The number of cyclic esters (lactones) is 1. The Hall–Kier alpha value is -2.66. The van der Waals surface area contributed by atoms with Crippen molar-refractivity contribution in [2.75, 3.05) is 13.7 Å². The number of hydrogen-bond donors (Lipinski definition) is 1. The van der Waals surface area contributed by atoms with Crippen molar-refractivity contribution in [3.8, 4) is 0 Å². The fourth-order valence-electron chi connectivity index (χ4n) is 3.57. The van der Waals surface area contributed by atoms with Crippen LogP contribution in [0.1, 0.15) is 39.9 Å². The van der Waals surface area contributed by atoms with Crippen molar-refractivity contribution in [3.63, 3.8) is 0 Å². The molecule has 1 aliphatic heterocycles. The minimum atomic E-state index is -0.357. The Kier molecular flexibility index (Phi) is 6.82. The van der Waals surface area contributed by atoms with Crippen molar-refractivity contribution in [2.45, 2.75) is 38.2 Å². The van der Waals surface area contributed by atoms with E-state index in [1.807, 2.05) is 18.2 Å². The molecule has 1 N–H and O–H groups in total. The van der Waals surface area contributed by atoms with Crippen molar-refractivity contribution in [2.24, 2.45) is 5.92 Å². The second-order valence-electron chi connectivity index (χ2n) is 7.17. The number of aliphatic hydroxyl groups excluding tert-OH is 1. The van der Waals surface area contributed by atoms with Crippen LogP contribution < -0.4 is 0 Å². The highest BCUT2D eigenvalue weighted by Crippen LogP contribution is 2.26. The summed E-state index contributed by atoms with van der Waals surface area (Å²) in [5.41, 5.74) is 4.19. The molecule has 1 saturated heterocycles. The van der Waals surface area contributed by atoms with E-state index >= 15 is 0 Å². The van der Waals surface area contributed by atoms with E-state index in [0.717, 1.165) is 37.7 Å². The Balaban J connectivity index is 1.48. The molecule has 1 heterocycles. The first-order chi connectivity index (χ1) is 13.6. The number of carbonyl (C=O) groups excluding carboxylic acids is 2. The first kappa shape index (κ1) is 20.1. The number of esters is 2. The van der Waals surface area contributed by atoms with Gasteiger partial charge in [-0.2, -0.15) is 0 Å². The summed E-state index contributed by atoms with van der Waals surface area (Å²) in [6, 6.07) is 16.0. The van der Waals surface area contributed by atoms with E-state index in [1.54, 1.807) is 6.07 Å². The van der Waals surface area contributed by atoms with Gasteiger partial charge in [0.25, 0.3) is 0 Å². The molecule has 2 atom stereocenters. The average molecular weight is 382 g/mol. The molecule has 5 nitrogen and oxygen atoms in total. The lowest BCUT2D eigenvalue weighted by atomic mass is 9.92. The van der Waals surface area contributed by atoms with E-state index in [4.69, 9.17) is 9.47 Å². The van der Waals surface area contributed by atoms with Gasteiger partial charge in [0, 0.05) is 0 Å². The molecule has 28 heavy (non-hydrogen) atoms. The van der Waals surface area contributed by atoms with Crippen molar-refractivity contribution in [1.29, 1.82) is 0 Å². The third-order valence-electron chi connectivity index (χ3n) is 5.20. The summed E-state index contributed by atoms with van der Waals surface area (Å²) in [5.74, 6) is -0.961. The molecule has 0 radical (unpaired) electrons. The summed E-state index contributed by atoms with van der Waals surface area (Å²) in [6.45, 7) is -0.138. The lowest BCUT2D eigenvalue weighted by Crippen LogP contribution is -2.47. The normalized spacial score (nSPS) is 18.3. The van der Waals surface area contributed by atoms with Crippen LogP contribution in [0.25, 0.3) is 0 Å². The highest BCUT2D eigenvalue weighted by atomic mass is 16.6. The summed E-state index contributed by atoms with van der Waals surface area (Å²) in [6.07, 6.45) is 4.23. The van der Waals surface area contributed by atoms with E-state index in [0.29, 0.717) is 5.56 Å². The van der Waals surface area contributed by atoms with Crippen molar-refractivity contribution >= 4 is 11.9 Å². The average Bonchev–Trinajstić information content (AvgIpc) is 2.71. The van der Waals surface area contributed by atoms with Crippen molar-refractivity contribution in [1.82, 2.24) is 0 Å². The molecule has 0 spiro atoms. The van der Waals surface area contributed by atoms with Gasteiger partial charge < -0.3 is 14.6 Å². The lowest BCUT2D eigenvalue weighted by molar-refractivity contribution is -0.188. The van der Waals surface area contributed by atoms with Crippen LogP contribution in [0.5, 0.6) is 0 Å². The topological polar surface area (TPSA) is 72.8 Å². The highest BCUT2D eigenvalue weighted by Gasteiger charge is 2.41. The monoisotopic (exact) mass is 382 g/mol. The standard InChI is InChI=1S/C23H26O5/c1-27-22(25)19-10-4-9-17(14-19)7-2-5-16-6-3-8-18(13-16)11-12-21-20(15-24)23(26)28-21/h3-4,6,8-10,13-14,20-21,24H,2,5,7,11-12,15H2,1H3/t20-,21-/m1/s1. The number of benzene rings is 2. The molecular formula is C23H26O5. The van der Waals surface area contributed by atoms with Crippen LogP contribution in [-0.2, 0) is 33.5 Å². The maximum atomic E-state index is 11.6. The number of aliphatic hydroxyl groups is 1. The summed E-state index contributed by atoms with van der Waals surface area (Å²) in [4.78, 5) is 22.9. The van der Waals surface area contributed by atoms with Gasteiger partial charge in [-0.25, -0.2) is 4.79 Å². The predicted octanol–water partition coefficient (Wildman–Crippen LogP) is 3.12. The molecule has 0 aromatic heterocycles. The van der Waals surface area contributed by atoms with Crippen LogP contribution in [0.4, 0.5) is 0 Å². The van der Waals surface area contributed by atoms with Crippen LogP contribution in [0.2, 0.25) is 0 Å². The summed E-state index contributed by atoms with van der Waals surface area (Å²) in [7, 11) is 1.39. The molecule has 0 bridgehead atoms. The van der Waals surface area contributed by atoms with E-state index in [-0.39, 0.29) is 30.6 Å². The van der Waals surface area contributed by atoms with Gasteiger partial charge in [-0.05, 0) is 60.9 Å². The Morgan fingerprint density at radius 2 is 1.68 bits per heavy atom. The molecule has 0 amide bonds. The Morgan fingerprint density at radius 1 is 1.04 bits per heavy atom. The third kappa shape index (κ3) is 4.98. The Morgan fingerprint density at radius 3 is 2.32 bits per heavy atom. The molecule has 2 aromatic rings. The molecule has 3 rings (SSSR count). The first-order valence-electron chi connectivity index (χ1n) is 9.67. The number of rotatable bonds is 9. The van der Waals surface area contributed by atoms with E-state index < -0.39 is 0 Å². The smallest absolute Gasteiger partial charge is 0.337 e. The quantitative estimate of drug-likeness (QED) is 0.675. The zero-order chi connectivity index (χ0) is 19.9. The molecule has 5 heteroatoms. The summed E-state index contributed by atoms with van der Waals surface area (Å²) >= 11 is 0. The summed E-state index contributed by atoms with van der Waals surface area (Å²) < 4.78 is 9.88. The SMILES string of the molecule is COC(=O)c1cccc(CCCc2cccc(CC[C@H]3OC(=O)[C@@H]3CO)c2)c1. The molecule has 1 aliphatic rings. The molecule has 148 valence electrons. The Labute approximate surface area is 165 Å². The van der Waals surface area contributed by atoms with E-state index in [1.165, 1.54) is 18.2 Å². The number of methoxy groups -OCH3 is 1. The number of ether oxygens (including phenoxy) is 2. The molecule has 2 aromatic carbocycles. The zero-order valence-corrected chi connectivity index (χ0v) is 16.1. The fourth-order valence-corrected chi connectivity index (χ4v) is 3.57. The first-order valence-corrected chi connectivity index (χ1v) is 9.67. The van der Waals surface area contributed by atoms with Crippen molar-refractivity contribution < 1.29 is 24.2 Å². The number of hydrogen-bond acceptors (Lipinski definition) is 5. The number of aryl methyl sites for hydroxylation is 3. The molecule has 0 unspecified atom stereocenters. The van der Waals surface area contributed by atoms with Gasteiger partial charge in [0.15, 0.2) is 0 Å². The van der Waals surface area contributed by atoms with Gasteiger partial charge in [-0.15, -0.1) is 0 Å². The highest BCUT2D eigenvalue weighted by molar-refractivity contribution is 5.89. The van der Waals surface area contributed by atoms with Crippen molar-refractivity contribution in [3.05, 3.63) is 70.8 Å². The van der Waals surface area contributed by atoms with Gasteiger partial charge in [0.2, 0.25) is 0 Å². The van der Waals surface area contributed by atoms with Crippen LogP contribution in [0.3, 0.4) is 0 Å². The van der Waals surface area contributed by atoms with Crippen LogP contribution in [-0.4, -0.2) is 36.9 Å². The van der Waals surface area contributed by atoms with Gasteiger partial charge in [-0.3, -0.25) is 4.79 Å². The third-order valence-corrected chi connectivity index (χ3v) is 5.20. The maximum Gasteiger partial charge on any atom is 0.337 e. The predicted molar refractivity (Wildman–Crippen MR) is 105 cm³/mol. The minimum Gasteiger partial charge on any atom is -0.465 e. The molecule has 1 fully saturated rings. The lowest BCUT2D eigenvalue weighted by Gasteiger charge is -2.33. The molecule has 0 saturated carbocycles. The largest absolute Gasteiger partial charge is 0.465 e. The summed E-state index contributed by atoms with van der Waals surface area (Å²) in [5, 5.41) is 9.19. The zero-order valence-electron chi connectivity index (χ0n) is 16.1. The van der Waals surface area contributed by atoms with Gasteiger partial charge in [0.1, 0.15) is 12.0 Å². The van der Waals surface area contributed by atoms with E-state index in [2.05, 4.69) is 24.3 Å². The molecular weight excluding hydrogens is 356 g/mol. The minimum absolute atomic E-state index is 0.138. The Bertz CT molecular complexity index is 829. The second kappa shape index (κ2) is 9.51. The fraction of sp³-hybridized carbons (Fsp3) is 0.391. The van der Waals surface area contributed by atoms with Gasteiger partial charge in [0.05, 0.1) is 19.3 Å². The van der Waals surface area contributed by atoms with Gasteiger partial charge in [-0.1, -0.05) is 36.4 Å². The van der Waals surface area contributed by atoms with E-state index in [9.17, 15) is 14.7 Å². The maximum absolute atomic E-state index is 11.6. The van der Waals surface area contributed by atoms with Crippen LogP contribution in [0, 0.1) is 5.92 Å². The molecule has 0 aliphatic carbocycles.